The molecule has 4 aliphatic rings. The van der Waals surface area contributed by atoms with E-state index < -0.39 is 0 Å². The summed E-state index contributed by atoms with van der Waals surface area (Å²) in [6, 6.07) is 19.8. The Morgan fingerprint density at radius 2 is 1.38 bits per heavy atom. The van der Waals surface area contributed by atoms with Gasteiger partial charge in [-0.05, 0) is 56.2 Å². The molecule has 3 amide bonds. The van der Waals surface area contributed by atoms with Crippen LogP contribution in [0.5, 0.6) is 5.75 Å². The summed E-state index contributed by atoms with van der Waals surface area (Å²) in [7, 11) is 1.62. The number of aromatic hydroxyl groups is 1. The van der Waals surface area contributed by atoms with Crippen molar-refractivity contribution in [2.24, 2.45) is 23.1 Å². The Morgan fingerprint density at radius 3 is 1.90 bits per heavy atom. The van der Waals surface area contributed by atoms with E-state index in [9.17, 15) is 19.5 Å². The first-order valence-corrected chi connectivity index (χ1v) is 22.8. The molecule has 0 spiro atoms. The molecular formula is C49H72N8NaO5-. The van der Waals surface area contributed by atoms with Gasteiger partial charge in [0.15, 0.2) is 0 Å². The number of likely N-dealkylation sites (tertiary alicyclic amines) is 1. The number of imide groups is 1. The maximum Gasteiger partial charge on any atom is 1.00 e. The first-order chi connectivity index (χ1) is 30.1. The van der Waals surface area contributed by atoms with Crippen LogP contribution in [0.1, 0.15) is 121 Å². The fourth-order valence-corrected chi connectivity index (χ4v) is 8.39. The number of aromatic nitrogens is 2. The second-order valence-electron chi connectivity index (χ2n) is 16.5. The van der Waals surface area contributed by atoms with Crippen LogP contribution in [0.3, 0.4) is 0 Å². The van der Waals surface area contributed by atoms with Crippen LogP contribution in [0.15, 0.2) is 78.9 Å². The van der Waals surface area contributed by atoms with Crippen LogP contribution in [-0.4, -0.2) is 88.3 Å². The molecule has 4 fully saturated rings. The number of piperazine rings is 1. The molecule has 2 aliphatic carbocycles. The number of phenolic OH excluding ortho intramolecular Hbond substituents is 1. The maximum atomic E-state index is 12.9. The summed E-state index contributed by atoms with van der Waals surface area (Å²) in [5.41, 5.74) is 19.8. The van der Waals surface area contributed by atoms with Gasteiger partial charge in [-0.1, -0.05) is 89.4 Å². The van der Waals surface area contributed by atoms with Gasteiger partial charge in [-0.2, -0.15) is 41.5 Å². The Balaban J connectivity index is 0.000000288. The Kier molecular flexibility index (Phi) is 25.4. The minimum Gasteiger partial charge on any atom is -0.507 e. The molecule has 0 unspecified atom stereocenters. The number of nitrogens with zero attached hydrogens (tertiary/aromatic N) is 5. The molecule has 1 aromatic heterocycles. The van der Waals surface area contributed by atoms with E-state index in [0.29, 0.717) is 73.7 Å². The second kappa shape index (κ2) is 30.1. The molecule has 2 aliphatic heterocycles. The summed E-state index contributed by atoms with van der Waals surface area (Å²) in [5.74, 6) is 0.812. The average molecular weight is 876 g/mol. The van der Waals surface area contributed by atoms with E-state index in [2.05, 4.69) is 27.7 Å². The topological polar surface area (TPSA) is 186 Å². The molecule has 340 valence electrons. The van der Waals surface area contributed by atoms with Crippen molar-refractivity contribution >= 4 is 34.8 Å². The van der Waals surface area contributed by atoms with Crippen LogP contribution in [-0.2, 0) is 19.1 Å². The van der Waals surface area contributed by atoms with E-state index in [1.54, 1.807) is 59.6 Å². The Labute approximate surface area is 398 Å². The molecule has 3 heterocycles. The molecular weight excluding hydrogens is 804 g/mol. The molecule has 2 aromatic carbocycles. The number of piperidine rings is 1. The third kappa shape index (κ3) is 18.5. The van der Waals surface area contributed by atoms with Crippen molar-refractivity contribution in [2.45, 2.75) is 122 Å². The van der Waals surface area contributed by atoms with E-state index in [-0.39, 0.29) is 58.8 Å². The molecule has 7 rings (SSSR count). The number of allylic oxidation sites excluding steroid dienone is 2. The number of benzene rings is 2. The van der Waals surface area contributed by atoms with Crippen LogP contribution in [0.2, 0.25) is 0 Å². The second-order valence-corrected chi connectivity index (χ2v) is 16.5. The smallest absolute Gasteiger partial charge is 0.507 e. The van der Waals surface area contributed by atoms with Crippen LogP contribution < -0.4 is 51.7 Å². The van der Waals surface area contributed by atoms with Gasteiger partial charge >= 0.3 is 29.6 Å². The maximum absolute atomic E-state index is 12.9. The monoisotopic (exact) mass is 876 g/mol. The van der Waals surface area contributed by atoms with Gasteiger partial charge < -0.3 is 38.9 Å². The first-order valence-electron chi connectivity index (χ1n) is 22.8. The van der Waals surface area contributed by atoms with Crippen molar-refractivity contribution in [3.05, 3.63) is 97.4 Å². The zero-order valence-electron chi connectivity index (χ0n) is 38.1. The SMILES string of the molecule is NC(N)=C(/C=C(\N)c1ccccc1O)n1cc(N2CCN(C3CCCCC3)CC2=O)cn1.O=C1CCCC(=O)N1CC1CCCCCCCCCC1.[CH2-]COC.[Na+].[c-]1ccccc1. The summed E-state index contributed by atoms with van der Waals surface area (Å²) < 4.78 is 5.93. The molecule has 0 bridgehead atoms. The van der Waals surface area contributed by atoms with Crippen molar-refractivity contribution in [1.29, 1.82) is 0 Å². The number of phenols is 1. The molecule has 0 radical (unpaired) electrons. The van der Waals surface area contributed by atoms with Crippen LogP contribution in [0.4, 0.5) is 5.69 Å². The fourth-order valence-electron chi connectivity index (χ4n) is 8.39. The summed E-state index contributed by atoms with van der Waals surface area (Å²) in [6.07, 6.45) is 26.0. The first kappa shape index (κ1) is 53.2. The Bertz CT molecular complexity index is 1790. The molecule has 2 saturated heterocycles. The van der Waals surface area contributed by atoms with Gasteiger partial charge in [0, 0.05) is 56.9 Å². The number of carbonyl (C=O) groups is 3. The van der Waals surface area contributed by atoms with E-state index >= 15 is 0 Å². The molecule has 63 heavy (non-hydrogen) atoms. The zero-order chi connectivity index (χ0) is 44.5. The number of amides is 3. The number of nitrogens with two attached hydrogens (primary N) is 3. The van der Waals surface area contributed by atoms with Gasteiger partial charge in [0.1, 0.15) is 17.3 Å². The predicted octanol–water partition coefficient (Wildman–Crippen LogP) is 4.63. The number of para-hydroxylation sites is 1. The Hall–Kier alpha value is -4.14. The minimum absolute atomic E-state index is 0. The van der Waals surface area contributed by atoms with E-state index in [1.807, 2.05) is 30.3 Å². The van der Waals surface area contributed by atoms with Gasteiger partial charge in [0.2, 0.25) is 17.7 Å². The van der Waals surface area contributed by atoms with Gasteiger partial charge in [-0.15, -0.1) is 0 Å². The van der Waals surface area contributed by atoms with Gasteiger partial charge in [0.05, 0.1) is 24.6 Å². The zero-order valence-corrected chi connectivity index (χ0v) is 40.1. The third-order valence-corrected chi connectivity index (χ3v) is 11.9. The van der Waals surface area contributed by atoms with Gasteiger partial charge in [-0.3, -0.25) is 24.2 Å². The number of anilines is 1. The van der Waals surface area contributed by atoms with Crippen molar-refractivity contribution in [3.63, 3.8) is 0 Å². The average Bonchev–Trinajstić information content (AvgIpc) is 3.76. The van der Waals surface area contributed by atoms with Crippen LogP contribution >= 0.6 is 0 Å². The number of methoxy groups -OCH3 is 1. The van der Waals surface area contributed by atoms with E-state index in [1.165, 1.54) is 101 Å². The van der Waals surface area contributed by atoms with Crippen LogP contribution in [0.25, 0.3) is 11.4 Å². The standard InChI is InChI=1S/C23H31N7O2.C17H29NO2.C6H5.C3H7O.Na/c24-19(18-8-4-5-9-21(18)31)12-20(23(25)26)30-14-17(13-27-30)29-11-10-28(15-22(29)32)16-6-2-1-3-7-16;19-16-12-9-13-17(20)18(16)14-15-10-7-5-3-1-2-4-6-8-11-15;1-2-4-6-5-3-1;1-3-4-2;/h4-5,8-9,12-14,16,31H,1-3,6-7,10-11,15,24-26H2;15H,1-14H2;1-5H;1,3H2,2H3;/q;;2*-1;+1/b19-12-;;;;. The van der Waals surface area contributed by atoms with Crippen molar-refractivity contribution in [3.8, 4) is 5.75 Å². The summed E-state index contributed by atoms with van der Waals surface area (Å²) in [4.78, 5) is 42.4. The number of hydrogen-bond acceptors (Lipinski definition) is 10. The summed E-state index contributed by atoms with van der Waals surface area (Å²) in [5, 5.41) is 14.4. The molecule has 13 nitrogen and oxygen atoms in total. The molecule has 2 saturated carbocycles. The Morgan fingerprint density at radius 1 is 0.810 bits per heavy atom. The predicted molar refractivity (Wildman–Crippen MR) is 248 cm³/mol. The van der Waals surface area contributed by atoms with E-state index in [0.717, 1.165) is 13.0 Å². The molecule has 14 heteroatoms. The van der Waals surface area contributed by atoms with E-state index in [4.69, 9.17) is 17.2 Å². The molecule has 3 aromatic rings. The number of rotatable bonds is 8. The van der Waals surface area contributed by atoms with Crippen molar-refractivity contribution < 1.29 is 53.8 Å². The minimum atomic E-state index is 0. The summed E-state index contributed by atoms with van der Waals surface area (Å²) >= 11 is 0. The fraction of sp³-hybridized carbons (Fsp3) is 0.531. The quantitative estimate of drug-likeness (QED) is 0.108. The molecule has 0 atom stereocenters. The third-order valence-electron chi connectivity index (χ3n) is 11.9. The van der Waals surface area contributed by atoms with Crippen LogP contribution in [0, 0.1) is 18.9 Å². The van der Waals surface area contributed by atoms with Gasteiger partial charge in [-0.25, -0.2) is 4.68 Å². The number of ether oxygens (including phenoxy) is 1. The van der Waals surface area contributed by atoms with Gasteiger partial charge in [0.25, 0.3) is 0 Å². The molecule has 7 N–H and O–H groups in total. The largest absolute Gasteiger partial charge is 1.00 e. The van der Waals surface area contributed by atoms with Crippen molar-refractivity contribution in [1.82, 2.24) is 19.6 Å². The number of carbonyl (C=O) groups excluding carboxylic acids is 3. The van der Waals surface area contributed by atoms with Crippen molar-refractivity contribution in [2.75, 3.05) is 44.8 Å². The number of hydrogen-bond donors (Lipinski definition) is 4. The normalized spacial score (nSPS) is 18.5. The summed E-state index contributed by atoms with van der Waals surface area (Å²) in [6.45, 7) is 6.54.